The number of carbonyl (C=O) groups excluding carboxylic acids is 2. The van der Waals surface area contributed by atoms with Gasteiger partial charge in [0.2, 0.25) is 5.91 Å². The Bertz CT molecular complexity index is 1120. The Labute approximate surface area is 172 Å². The number of anilines is 2. The van der Waals surface area contributed by atoms with Crippen LogP contribution in [-0.4, -0.2) is 33.7 Å². The zero-order valence-corrected chi connectivity index (χ0v) is 17.0. The zero-order valence-electron chi connectivity index (χ0n) is 16.1. The van der Waals surface area contributed by atoms with Crippen molar-refractivity contribution in [2.24, 2.45) is 5.41 Å². The lowest BCUT2D eigenvalue weighted by Gasteiger charge is -2.27. The molecule has 148 valence electrons. The number of nitrogens with one attached hydrogen (secondary N) is 1. The summed E-state index contributed by atoms with van der Waals surface area (Å²) in [6, 6.07) is 10.5. The van der Waals surface area contributed by atoms with Gasteiger partial charge in [-0.1, -0.05) is 6.08 Å². The van der Waals surface area contributed by atoms with Crippen molar-refractivity contribution >= 4 is 46.0 Å². The highest BCUT2D eigenvalue weighted by atomic mass is 32.1. The van der Waals surface area contributed by atoms with E-state index in [2.05, 4.69) is 20.6 Å². The fourth-order valence-electron chi connectivity index (χ4n) is 3.16. The van der Waals surface area contributed by atoms with E-state index in [9.17, 15) is 9.59 Å². The summed E-state index contributed by atoms with van der Waals surface area (Å²) in [5, 5.41) is 2.88. The molecule has 7 nitrogen and oxygen atoms in total. The molecule has 0 radical (unpaired) electrons. The van der Waals surface area contributed by atoms with E-state index in [1.807, 2.05) is 13.8 Å². The van der Waals surface area contributed by atoms with Crippen LogP contribution in [0.25, 0.3) is 11.0 Å². The van der Waals surface area contributed by atoms with Gasteiger partial charge >= 0.3 is 0 Å². The molecule has 0 aliphatic carbocycles. The number of ether oxygens (including phenoxy) is 1. The predicted octanol–water partition coefficient (Wildman–Crippen LogP) is 3.88. The van der Waals surface area contributed by atoms with Gasteiger partial charge in [0, 0.05) is 17.8 Å². The highest BCUT2D eigenvalue weighted by Crippen LogP contribution is 2.38. The molecule has 2 aromatic carbocycles. The van der Waals surface area contributed by atoms with Crippen LogP contribution < -0.4 is 15.0 Å². The van der Waals surface area contributed by atoms with Crippen molar-refractivity contribution in [3.05, 3.63) is 54.6 Å². The Morgan fingerprint density at radius 1 is 1.28 bits per heavy atom. The van der Waals surface area contributed by atoms with E-state index >= 15 is 0 Å². The molecule has 0 saturated heterocycles. The van der Waals surface area contributed by atoms with Crippen LogP contribution in [0.2, 0.25) is 0 Å². The SMILES string of the molecule is C=CCN1C(=O)C(C)(C)COc2ccc(NC(=O)c3ccc4nsnc4c3)cc21. The third-order valence-electron chi connectivity index (χ3n) is 4.75. The summed E-state index contributed by atoms with van der Waals surface area (Å²) >= 11 is 1.11. The molecule has 1 N–H and O–H groups in total. The van der Waals surface area contributed by atoms with Crippen LogP contribution in [0.15, 0.2) is 49.1 Å². The Balaban J connectivity index is 1.64. The molecule has 1 aliphatic heterocycles. The van der Waals surface area contributed by atoms with Crippen molar-refractivity contribution in [3.63, 3.8) is 0 Å². The van der Waals surface area contributed by atoms with E-state index in [4.69, 9.17) is 4.74 Å². The van der Waals surface area contributed by atoms with E-state index in [1.54, 1.807) is 47.4 Å². The molecule has 0 atom stereocenters. The average molecular weight is 408 g/mol. The number of aromatic nitrogens is 2. The number of rotatable bonds is 4. The molecular weight excluding hydrogens is 388 g/mol. The largest absolute Gasteiger partial charge is 0.490 e. The highest BCUT2D eigenvalue weighted by Gasteiger charge is 2.37. The molecule has 0 spiro atoms. The molecule has 2 amide bonds. The first-order valence-corrected chi connectivity index (χ1v) is 9.85. The third-order valence-corrected chi connectivity index (χ3v) is 5.30. The second kappa shape index (κ2) is 7.29. The van der Waals surface area contributed by atoms with E-state index in [-0.39, 0.29) is 18.4 Å². The smallest absolute Gasteiger partial charge is 0.255 e. The summed E-state index contributed by atoms with van der Waals surface area (Å²) in [5.74, 6) is 0.274. The number of benzene rings is 2. The van der Waals surface area contributed by atoms with Gasteiger partial charge in [0.15, 0.2) is 0 Å². The van der Waals surface area contributed by atoms with Crippen LogP contribution in [-0.2, 0) is 4.79 Å². The number of carbonyl (C=O) groups is 2. The van der Waals surface area contributed by atoms with Crippen molar-refractivity contribution in [1.29, 1.82) is 0 Å². The summed E-state index contributed by atoms with van der Waals surface area (Å²) in [6.45, 7) is 8.09. The lowest BCUT2D eigenvalue weighted by Crippen LogP contribution is -2.42. The molecule has 0 saturated carbocycles. The van der Waals surface area contributed by atoms with Crippen molar-refractivity contribution < 1.29 is 14.3 Å². The Morgan fingerprint density at radius 2 is 2.07 bits per heavy atom. The second-order valence-corrected chi connectivity index (χ2v) is 8.01. The van der Waals surface area contributed by atoms with Crippen LogP contribution in [0.3, 0.4) is 0 Å². The highest BCUT2D eigenvalue weighted by molar-refractivity contribution is 7.00. The second-order valence-electron chi connectivity index (χ2n) is 7.48. The zero-order chi connectivity index (χ0) is 20.6. The fraction of sp³-hybridized carbons (Fsp3) is 0.238. The third kappa shape index (κ3) is 3.58. The molecule has 4 rings (SSSR count). The lowest BCUT2D eigenvalue weighted by molar-refractivity contribution is -0.127. The molecule has 1 aromatic heterocycles. The molecule has 0 bridgehead atoms. The van der Waals surface area contributed by atoms with Crippen LogP contribution >= 0.6 is 11.7 Å². The molecule has 3 aromatic rings. The predicted molar refractivity (Wildman–Crippen MR) is 114 cm³/mol. The number of hydrogen-bond donors (Lipinski definition) is 1. The van der Waals surface area contributed by atoms with E-state index in [1.165, 1.54) is 0 Å². The molecule has 8 heteroatoms. The Hall–Kier alpha value is -3.26. The van der Waals surface area contributed by atoms with Gasteiger partial charge in [-0.15, -0.1) is 6.58 Å². The van der Waals surface area contributed by atoms with Gasteiger partial charge in [0.1, 0.15) is 23.4 Å². The maximum Gasteiger partial charge on any atom is 0.255 e. The maximum absolute atomic E-state index is 13.0. The number of amides is 2. The quantitative estimate of drug-likeness (QED) is 0.662. The van der Waals surface area contributed by atoms with Gasteiger partial charge in [0.05, 0.1) is 22.8 Å². The first kappa shape index (κ1) is 19.1. The van der Waals surface area contributed by atoms with E-state index < -0.39 is 5.41 Å². The summed E-state index contributed by atoms with van der Waals surface area (Å²) in [6.07, 6.45) is 1.67. The van der Waals surface area contributed by atoms with Gasteiger partial charge < -0.3 is 15.0 Å². The normalized spacial score (nSPS) is 15.4. The van der Waals surface area contributed by atoms with Crippen molar-refractivity contribution in [3.8, 4) is 5.75 Å². The Morgan fingerprint density at radius 3 is 2.86 bits per heavy atom. The number of fused-ring (bicyclic) bond motifs is 2. The molecule has 0 fully saturated rings. The van der Waals surface area contributed by atoms with Crippen molar-refractivity contribution in [2.45, 2.75) is 13.8 Å². The minimum atomic E-state index is -0.664. The molecular formula is C21H20N4O3S. The Kier molecular flexibility index (Phi) is 4.79. The summed E-state index contributed by atoms with van der Waals surface area (Å²) in [5.41, 5.74) is 2.44. The van der Waals surface area contributed by atoms with Crippen LogP contribution in [0, 0.1) is 5.41 Å². The van der Waals surface area contributed by atoms with Gasteiger partial charge in [-0.2, -0.15) is 8.75 Å². The van der Waals surface area contributed by atoms with Gasteiger partial charge in [-0.25, -0.2) is 0 Å². The van der Waals surface area contributed by atoms with Crippen molar-refractivity contribution in [1.82, 2.24) is 8.75 Å². The van der Waals surface area contributed by atoms with Crippen LogP contribution in [0.5, 0.6) is 5.75 Å². The minimum absolute atomic E-state index is 0.0545. The fourth-order valence-corrected chi connectivity index (χ4v) is 3.68. The standard InChI is InChI=1S/C21H20N4O3S/c1-4-9-25-17-11-14(6-8-18(17)28-12-21(2,3)20(25)27)22-19(26)13-5-7-15-16(10-13)24-29-23-15/h4-8,10-11H,1,9,12H2,2-3H3,(H,22,26). The number of hydrogen-bond acceptors (Lipinski definition) is 6. The maximum atomic E-state index is 13.0. The van der Waals surface area contributed by atoms with Crippen molar-refractivity contribution in [2.75, 3.05) is 23.4 Å². The van der Waals surface area contributed by atoms with Crippen LogP contribution in [0.1, 0.15) is 24.2 Å². The van der Waals surface area contributed by atoms with E-state index in [0.29, 0.717) is 34.7 Å². The molecule has 29 heavy (non-hydrogen) atoms. The van der Waals surface area contributed by atoms with E-state index in [0.717, 1.165) is 17.2 Å². The minimum Gasteiger partial charge on any atom is -0.490 e. The molecule has 1 aliphatic rings. The number of nitrogens with zero attached hydrogens (tertiary/aromatic N) is 3. The lowest BCUT2D eigenvalue weighted by atomic mass is 9.93. The molecule has 2 heterocycles. The summed E-state index contributed by atoms with van der Waals surface area (Å²) in [4.78, 5) is 27.3. The van der Waals surface area contributed by atoms with Gasteiger partial charge in [0.25, 0.3) is 5.91 Å². The summed E-state index contributed by atoms with van der Waals surface area (Å²) < 4.78 is 14.2. The van der Waals surface area contributed by atoms with Crippen LogP contribution in [0.4, 0.5) is 11.4 Å². The average Bonchev–Trinajstić information content (AvgIpc) is 3.15. The first-order valence-electron chi connectivity index (χ1n) is 9.12. The first-order chi connectivity index (χ1) is 13.9. The molecule has 0 unspecified atom stereocenters. The van der Waals surface area contributed by atoms with Gasteiger partial charge in [-0.05, 0) is 50.2 Å². The van der Waals surface area contributed by atoms with Gasteiger partial charge in [-0.3, -0.25) is 9.59 Å². The topological polar surface area (TPSA) is 84.4 Å². The monoisotopic (exact) mass is 408 g/mol. The summed E-state index contributed by atoms with van der Waals surface area (Å²) in [7, 11) is 0.